The maximum absolute atomic E-state index is 12.8. The molecule has 1 aliphatic heterocycles. The van der Waals surface area contributed by atoms with Crippen molar-refractivity contribution in [2.45, 2.75) is 25.7 Å². The number of hydrogen-bond donors (Lipinski definition) is 2. The Morgan fingerprint density at radius 2 is 1.92 bits per heavy atom. The number of carbonyl (C=O) groups excluding carboxylic acids is 2. The first-order valence-electron chi connectivity index (χ1n) is 11.0. The Morgan fingerprint density at radius 3 is 2.58 bits per heavy atom. The third kappa shape index (κ3) is 6.73. The Hall–Kier alpha value is -3.64. The van der Waals surface area contributed by atoms with Crippen molar-refractivity contribution in [1.82, 2.24) is 4.90 Å². The van der Waals surface area contributed by atoms with Gasteiger partial charge in [-0.3, -0.25) is 24.6 Å². The van der Waals surface area contributed by atoms with Crippen LogP contribution in [0.15, 0.2) is 41.3 Å². The van der Waals surface area contributed by atoms with E-state index in [0.717, 1.165) is 11.6 Å². The van der Waals surface area contributed by atoms with Crippen molar-refractivity contribution in [3.8, 4) is 17.2 Å². The number of ether oxygens (including phenoxy) is 2. The van der Waals surface area contributed by atoms with E-state index in [-0.39, 0.29) is 35.4 Å². The molecule has 1 heterocycles. The second-order valence-corrected chi connectivity index (χ2v) is 9.44. The third-order valence-corrected chi connectivity index (χ3v) is 6.71. The van der Waals surface area contributed by atoms with Crippen LogP contribution in [0.1, 0.15) is 31.2 Å². The quantitative estimate of drug-likeness (QED) is 0.106. The van der Waals surface area contributed by atoms with Crippen LogP contribution >= 0.6 is 24.0 Å². The molecule has 1 saturated heterocycles. The lowest BCUT2D eigenvalue weighted by Gasteiger charge is -2.14. The van der Waals surface area contributed by atoms with Gasteiger partial charge in [-0.2, -0.15) is 0 Å². The summed E-state index contributed by atoms with van der Waals surface area (Å²) >= 11 is 6.62. The van der Waals surface area contributed by atoms with Crippen molar-refractivity contribution in [3.05, 3.63) is 57.0 Å². The first-order valence-corrected chi connectivity index (χ1v) is 12.2. The number of carbonyl (C=O) groups is 2. The number of phenolic OH excluding ortho intramolecular Hbond substituents is 1. The Kier molecular flexibility index (Phi) is 9.25. The van der Waals surface area contributed by atoms with Crippen LogP contribution in [0, 0.1) is 10.1 Å². The van der Waals surface area contributed by atoms with Crippen LogP contribution in [0.3, 0.4) is 0 Å². The molecule has 0 atom stereocenters. The maximum atomic E-state index is 12.8. The lowest BCUT2D eigenvalue weighted by molar-refractivity contribution is -0.384. The van der Waals surface area contributed by atoms with Crippen LogP contribution < -0.4 is 14.8 Å². The number of thiocarbonyl (C=S) groups is 1. The summed E-state index contributed by atoms with van der Waals surface area (Å²) in [6.07, 6.45) is 3.88. The summed E-state index contributed by atoms with van der Waals surface area (Å²) in [4.78, 5) is 37.2. The first kappa shape index (κ1) is 27.0. The van der Waals surface area contributed by atoms with Gasteiger partial charge in [0.05, 0.1) is 35.8 Å². The fraction of sp³-hybridized carbons (Fsp3) is 0.292. The lowest BCUT2D eigenvalue weighted by Crippen LogP contribution is -2.29. The first-order chi connectivity index (χ1) is 17.2. The van der Waals surface area contributed by atoms with Crippen molar-refractivity contribution < 1.29 is 29.1 Å². The Labute approximate surface area is 217 Å². The number of nitrogens with zero attached hydrogens (tertiary/aromatic N) is 2. The summed E-state index contributed by atoms with van der Waals surface area (Å²) < 4.78 is 11.0. The van der Waals surface area contributed by atoms with Crippen molar-refractivity contribution in [1.29, 1.82) is 0 Å². The largest absolute Gasteiger partial charge is 0.506 e. The fourth-order valence-electron chi connectivity index (χ4n) is 3.47. The molecule has 0 aliphatic carbocycles. The molecule has 10 nitrogen and oxygen atoms in total. The number of anilines is 1. The van der Waals surface area contributed by atoms with Crippen LogP contribution in [-0.2, 0) is 9.59 Å². The van der Waals surface area contributed by atoms with Gasteiger partial charge in [0.2, 0.25) is 5.91 Å². The highest BCUT2D eigenvalue weighted by Crippen LogP contribution is 2.35. The van der Waals surface area contributed by atoms with Gasteiger partial charge in [0, 0.05) is 19.0 Å². The minimum atomic E-state index is -0.629. The highest BCUT2D eigenvalue weighted by molar-refractivity contribution is 8.26. The molecule has 0 bridgehead atoms. The predicted octanol–water partition coefficient (Wildman–Crippen LogP) is 4.72. The molecule has 0 spiro atoms. The number of thioether (sulfide) groups is 1. The van der Waals surface area contributed by atoms with Gasteiger partial charge < -0.3 is 19.9 Å². The molecule has 190 valence electrons. The van der Waals surface area contributed by atoms with Crippen LogP contribution in [-0.4, -0.2) is 51.8 Å². The van der Waals surface area contributed by atoms with Crippen molar-refractivity contribution in [2.24, 2.45) is 0 Å². The monoisotopic (exact) mass is 531 g/mol. The molecule has 1 fully saturated rings. The number of nitrogens with one attached hydrogen (secondary N) is 1. The van der Waals surface area contributed by atoms with E-state index in [2.05, 4.69) is 5.32 Å². The number of nitro benzene ring substituents is 1. The van der Waals surface area contributed by atoms with Crippen LogP contribution in [0.5, 0.6) is 17.2 Å². The molecule has 3 rings (SSSR count). The number of rotatable bonds is 11. The summed E-state index contributed by atoms with van der Waals surface area (Å²) in [7, 11) is 3.10. The number of benzene rings is 2. The second kappa shape index (κ2) is 12.4. The predicted molar refractivity (Wildman–Crippen MR) is 141 cm³/mol. The molecule has 0 unspecified atom stereocenters. The zero-order chi connectivity index (χ0) is 26.2. The molecule has 2 amide bonds. The number of methoxy groups -OCH3 is 2. The summed E-state index contributed by atoms with van der Waals surface area (Å²) in [6.45, 7) is 0.443. The summed E-state index contributed by atoms with van der Waals surface area (Å²) in [5.74, 6) is 0.317. The van der Waals surface area contributed by atoms with Gasteiger partial charge in [0.1, 0.15) is 10.1 Å². The average molecular weight is 532 g/mol. The fourth-order valence-corrected chi connectivity index (χ4v) is 4.78. The minimum absolute atomic E-state index is 0.115. The van der Waals surface area contributed by atoms with E-state index >= 15 is 0 Å². The van der Waals surface area contributed by atoms with E-state index < -0.39 is 4.92 Å². The van der Waals surface area contributed by atoms with Crippen molar-refractivity contribution in [2.75, 3.05) is 26.1 Å². The standard InChI is InChI=1S/C24H25N3O7S2/c1-33-19-10-7-15(12-20(19)34-2)13-21-23(30)26(24(35)36-21)11-5-3-4-6-22(29)25-17-9-8-16(27(31)32)14-18(17)28/h7-10,12-14,28H,3-6,11H2,1-2H3,(H,25,29)/b21-13-. The van der Waals surface area contributed by atoms with E-state index in [1.54, 1.807) is 37.3 Å². The van der Waals surface area contributed by atoms with Crippen LogP contribution in [0.2, 0.25) is 0 Å². The SMILES string of the molecule is COc1ccc(/C=C2\SC(=S)N(CCCCCC(=O)Nc3ccc([N+](=O)[O-])cc3O)C2=O)cc1OC. The van der Waals surface area contributed by atoms with Gasteiger partial charge in [-0.25, -0.2) is 0 Å². The number of hydrogen-bond acceptors (Lipinski definition) is 9. The number of aromatic hydroxyl groups is 1. The molecule has 2 aromatic carbocycles. The lowest BCUT2D eigenvalue weighted by atomic mass is 10.1. The van der Waals surface area contributed by atoms with Crippen LogP contribution in [0.25, 0.3) is 6.08 Å². The Bertz CT molecular complexity index is 1220. The summed E-state index contributed by atoms with van der Waals surface area (Å²) in [5.41, 5.74) is 0.641. The molecular formula is C24H25N3O7S2. The average Bonchev–Trinajstić information content (AvgIpc) is 3.11. The topological polar surface area (TPSA) is 131 Å². The molecular weight excluding hydrogens is 506 g/mol. The van der Waals surface area contributed by atoms with E-state index in [1.165, 1.54) is 23.9 Å². The van der Waals surface area contributed by atoms with Gasteiger partial charge in [-0.05, 0) is 42.7 Å². The van der Waals surface area contributed by atoms with Gasteiger partial charge in [0.15, 0.2) is 11.5 Å². The molecule has 0 radical (unpaired) electrons. The summed E-state index contributed by atoms with van der Waals surface area (Å²) in [6, 6.07) is 8.86. The minimum Gasteiger partial charge on any atom is -0.506 e. The maximum Gasteiger partial charge on any atom is 0.273 e. The van der Waals surface area contributed by atoms with Gasteiger partial charge in [-0.15, -0.1) is 0 Å². The van der Waals surface area contributed by atoms with E-state index in [0.29, 0.717) is 46.5 Å². The molecule has 36 heavy (non-hydrogen) atoms. The smallest absolute Gasteiger partial charge is 0.273 e. The third-order valence-electron chi connectivity index (χ3n) is 5.33. The van der Waals surface area contributed by atoms with E-state index in [9.17, 15) is 24.8 Å². The molecule has 12 heteroatoms. The second-order valence-electron chi connectivity index (χ2n) is 7.77. The highest BCUT2D eigenvalue weighted by Gasteiger charge is 2.31. The van der Waals surface area contributed by atoms with Gasteiger partial charge >= 0.3 is 0 Å². The number of nitro groups is 1. The Morgan fingerprint density at radius 1 is 1.17 bits per heavy atom. The molecule has 2 N–H and O–H groups in total. The van der Waals surface area contributed by atoms with E-state index in [1.807, 2.05) is 6.07 Å². The number of phenols is 1. The normalized spacial score (nSPS) is 14.3. The molecule has 2 aromatic rings. The number of non-ortho nitro benzene ring substituents is 1. The van der Waals surface area contributed by atoms with Crippen molar-refractivity contribution >= 4 is 57.6 Å². The van der Waals surface area contributed by atoms with Gasteiger partial charge in [-0.1, -0.05) is 36.5 Å². The number of amides is 2. The zero-order valence-electron chi connectivity index (χ0n) is 19.7. The van der Waals surface area contributed by atoms with E-state index in [4.69, 9.17) is 21.7 Å². The van der Waals surface area contributed by atoms with Gasteiger partial charge in [0.25, 0.3) is 11.6 Å². The summed E-state index contributed by atoms with van der Waals surface area (Å²) in [5, 5.41) is 23.1. The highest BCUT2D eigenvalue weighted by atomic mass is 32.2. The zero-order valence-corrected chi connectivity index (χ0v) is 21.3. The number of unbranched alkanes of at least 4 members (excludes halogenated alkanes) is 2. The molecule has 0 aromatic heterocycles. The Balaban J connectivity index is 1.46. The van der Waals surface area contributed by atoms with Crippen LogP contribution in [0.4, 0.5) is 11.4 Å². The molecule has 0 saturated carbocycles. The van der Waals surface area contributed by atoms with Crippen molar-refractivity contribution in [3.63, 3.8) is 0 Å². The molecule has 1 aliphatic rings.